The zero-order valence-electron chi connectivity index (χ0n) is 10.8. The first-order chi connectivity index (χ1) is 8.15. The lowest BCUT2D eigenvalue weighted by Crippen LogP contribution is -2.23. The molecule has 1 aromatic heterocycles. The van der Waals surface area contributed by atoms with Crippen LogP contribution in [0, 0.1) is 6.92 Å². The first-order valence-corrected chi connectivity index (χ1v) is 7.06. The summed E-state index contributed by atoms with van der Waals surface area (Å²) in [5.41, 5.74) is 2.44. The SMILES string of the molecule is Cc1ccc2sc(CCCNC(C)C)nc2c1. The highest BCUT2D eigenvalue weighted by Crippen LogP contribution is 2.23. The Morgan fingerprint density at radius 2 is 2.18 bits per heavy atom. The van der Waals surface area contributed by atoms with Crippen LogP contribution in [0.25, 0.3) is 10.2 Å². The maximum Gasteiger partial charge on any atom is 0.0939 e. The highest BCUT2D eigenvalue weighted by atomic mass is 32.1. The summed E-state index contributed by atoms with van der Waals surface area (Å²) in [5, 5.41) is 4.70. The summed E-state index contributed by atoms with van der Waals surface area (Å²) in [4.78, 5) is 4.68. The van der Waals surface area contributed by atoms with E-state index in [1.807, 2.05) is 11.3 Å². The molecule has 0 fully saturated rings. The van der Waals surface area contributed by atoms with Gasteiger partial charge in [-0.05, 0) is 37.6 Å². The number of aryl methyl sites for hydroxylation is 2. The van der Waals surface area contributed by atoms with Crippen LogP contribution < -0.4 is 5.32 Å². The lowest BCUT2D eigenvalue weighted by atomic mass is 10.2. The van der Waals surface area contributed by atoms with Gasteiger partial charge in [-0.25, -0.2) is 4.98 Å². The van der Waals surface area contributed by atoms with E-state index in [1.54, 1.807) is 0 Å². The van der Waals surface area contributed by atoms with Crippen molar-refractivity contribution >= 4 is 21.6 Å². The van der Waals surface area contributed by atoms with Crippen LogP contribution >= 0.6 is 11.3 Å². The maximum absolute atomic E-state index is 4.68. The van der Waals surface area contributed by atoms with E-state index >= 15 is 0 Å². The molecule has 0 atom stereocenters. The van der Waals surface area contributed by atoms with E-state index in [0.717, 1.165) is 24.9 Å². The van der Waals surface area contributed by atoms with Crippen LogP contribution in [-0.2, 0) is 6.42 Å². The Morgan fingerprint density at radius 1 is 1.35 bits per heavy atom. The Kier molecular flexibility index (Phi) is 4.13. The molecule has 17 heavy (non-hydrogen) atoms. The zero-order valence-corrected chi connectivity index (χ0v) is 11.6. The van der Waals surface area contributed by atoms with E-state index in [1.165, 1.54) is 15.3 Å². The third-order valence-corrected chi connectivity index (χ3v) is 3.80. The molecule has 0 aliphatic carbocycles. The van der Waals surface area contributed by atoms with Gasteiger partial charge in [-0.1, -0.05) is 19.9 Å². The number of nitrogens with zero attached hydrogens (tertiary/aromatic N) is 1. The predicted molar refractivity (Wildman–Crippen MR) is 75.8 cm³/mol. The minimum Gasteiger partial charge on any atom is -0.315 e. The fourth-order valence-corrected chi connectivity index (χ4v) is 2.81. The molecule has 0 saturated carbocycles. The second-order valence-corrected chi connectivity index (χ2v) is 5.91. The molecule has 0 unspecified atom stereocenters. The summed E-state index contributed by atoms with van der Waals surface area (Å²) in [6.07, 6.45) is 2.25. The highest BCUT2D eigenvalue weighted by molar-refractivity contribution is 7.18. The smallest absolute Gasteiger partial charge is 0.0939 e. The topological polar surface area (TPSA) is 24.9 Å². The van der Waals surface area contributed by atoms with Crippen LogP contribution in [0.2, 0.25) is 0 Å². The predicted octanol–water partition coefficient (Wildman–Crippen LogP) is 3.54. The van der Waals surface area contributed by atoms with Crippen molar-refractivity contribution in [3.8, 4) is 0 Å². The third kappa shape index (κ3) is 3.51. The van der Waals surface area contributed by atoms with Crippen LogP contribution in [0.15, 0.2) is 18.2 Å². The van der Waals surface area contributed by atoms with Crippen LogP contribution in [0.3, 0.4) is 0 Å². The van der Waals surface area contributed by atoms with Gasteiger partial charge in [0.1, 0.15) is 0 Å². The first-order valence-electron chi connectivity index (χ1n) is 6.24. The Bertz CT molecular complexity index is 488. The van der Waals surface area contributed by atoms with Gasteiger partial charge >= 0.3 is 0 Å². The largest absolute Gasteiger partial charge is 0.315 e. The number of hydrogen-bond acceptors (Lipinski definition) is 3. The van der Waals surface area contributed by atoms with Crippen LogP contribution in [0.1, 0.15) is 30.8 Å². The standard InChI is InChI=1S/C14H20N2S/c1-10(2)15-8-4-5-14-16-12-9-11(3)6-7-13(12)17-14/h6-7,9-10,15H,4-5,8H2,1-3H3. The van der Waals surface area contributed by atoms with Crippen LogP contribution in [-0.4, -0.2) is 17.6 Å². The van der Waals surface area contributed by atoms with Crippen LogP contribution in [0.4, 0.5) is 0 Å². The number of aromatic nitrogens is 1. The number of rotatable bonds is 5. The van der Waals surface area contributed by atoms with Gasteiger partial charge in [-0.3, -0.25) is 0 Å². The van der Waals surface area contributed by atoms with E-state index in [9.17, 15) is 0 Å². The summed E-state index contributed by atoms with van der Waals surface area (Å²) >= 11 is 1.83. The summed E-state index contributed by atoms with van der Waals surface area (Å²) in [7, 11) is 0. The average molecular weight is 248 g/mol. The molecule has 0 bridgehead atoms. The normalized spacial score (nSPS) is 11.5. The molecule has 3 heteroatoms. The van der Waals surface area contributed by atoms with E-state index in [4.69, 9.17) is 0 Å². The molecule has 2 nitrogen and oxygen atoms in total. The van der Waals surface area contributed by atoms with Crippen molar-refractivity contribution in [2.24, 2.45) is 0 Å². The molecule has 1 heterocycles. The number of thiazole rings is 1. The van der Waals surface area contributed by atoms with Crippen molar-refractivity contribution in [1.82, 2.24) is 10.3 Å². The second-order valence-electron chi connectivity index (χ2n) is 4.79. The number of benzene rings is 1. The second kappa shape index (κ2) is 5.61. The van der Waals surface area contributed by atoms with E-state index in [2.05, 4.69) is 49.3 Å². The van der Waals surface area contributed by atoms with Gasteiger partial charge in [-0.15, -0.1) is 11.3 Å². The molecule has 0 spiro atoms. The molecule has 1 N–H and O–H groups in total. The molecule has 0 saturated heterocycles. The monoisotopic (exact) mass is 248 g/mol. The molecule has 0 aliphatic heterocycles. The molecule has 0 radical (unpaired) electrons. The van der Waals surface area contributed by atoms with Gasteiger partial charge in [0, 0.05) is 12.5 Å². The zero-order chi connectivity index (χ0) is 12.3. The summed E-state index contributed by atoms with van der Waals surface area (Å²) in [5.74, 6) is 0. The van der Waals surface area contributed by atoms with Gasteiger partial charge in [0.2, 0.25) is 0 Å². The third-order valence-electron chi connectivity index (χ3n) is 2.71. The van der Waals surface area contributed by atoms with E-state index in [-0.39, 0.29) is 0 Å². The fraction of sp³-hybridized carbons (Fsp3) is 0.500. The first kappa shape index (κ1) is 12.5. The van der Waals surface area contributed by atoms with E-state index in [0.29, 0.717) is 6.04 Å². The quantitative estimate of drug-likeness (QED) is 0.819. The summed E-state index contributed by atoms with van der Waals surface area (Å²) in [6, 6.07) is 7.08. The van der Waals surface area contributed by atoms with Crippen molar-refractivity contribution in [1.29, 1.82) is 0 Å². The van der Waals surface area contributed by atoms with Gasteiger partial charge in [0.05, 0.1) is 15.2 Å². The molecular weight excluding hydrogens is 228 g/mol. The lowest BCUT2D eigenvalue weighted by Gasteiger charge is -2.05. The Hall–Kier alpha value is -0.930. The molecule has 2 aromatic rings. The van der Waals surface area contributed by atoms with Gasteiger partial charge in [-0.2, -0.15) is 0 Å². The van der Waals surface area contributed by atoms with Crippen molar-refractivity contribution in [2.75, 3.05) is 6.54 Å². The maximum atomic E-state index is 4.68. The average Bonchev–Trinajstić information content (AvgIpc) is 2.66. The molecule has 1 aromatic carbocycles. The lowest BCUT2D eigenvalue weighted by molar-refractivity contribution is 0.570. The van der Waals surface area contributed by atoms with Crippen LogP contribution in [0.5, 0.6) is 0 Å². The molecule has 0 aliphatic rings. The summed E-state index contributed by atoms with van der Waals surface area (Å²) < 4.78 is 1.31. The minimum absolute atomic E-state index is 0.577. The van der Waals surface area contributed by atoms with Gasteiger partial charge in [0.25, 0.3) is 0 Å². The van der Waals surface area contributed by atoms with Gasteiger partial charge < -0.3 is 5.32 Å². The molecule has 0 amide bonds. The highest BCUT2D eigenvalue weighted by Gasteiger charge is 2.03. The Labute approximate surface area is 107 Å². The van der Waals surface area contributed by atoms with E-state index < -0.39 is 0 Å². The Morgan fingerprint density at radius 3 is 2.94 bits per heavy atom. The minimum atomic E-state index is 0.577. The molecule has 92 valence electrons. The summed E-state index contributed by atoms with van der Waals surface area (Å²) in [6.45, 7) is 7.55. The number of fused-ring (bicyclic) bond motifs is 1. The van der Waals surface area contributed by atoms with Gasteiger partial charge in [0.15, 0.2) is 0 Å². The van der Waals surface area contributed by atoms with Crippen molar-refractivity contribution < 1.29 is 0 Å². The van der Waals surface area contributed by atoms with Crippen molar-refractivity contribution in [2.45, 2.75) is 39.7 Å². The van der Waals surface area contributed by atoms with Crippen molar-refractivity contribution in [3.05, 3.63) is 28.8 Å². The molecule has 2 rings (SSSR count). The number of hydrogen-bond donors (Lipinski definition) is 1. The fourth-order valence-electron chi connectivity index (χ4n) is 1.82. The Balaban J connectivity index is 1.95. The number of nitrogens with one attached hydrogen (secondary N) is 1. The molecular formula is C14H20N2S. The van der Waals surface area contributed by atoms with Crippen molar-refractivity contribution in [3.63, 3.8) is 0 Å².